The molecule has 0 aromatic carbocycles. The average Bonchev–Trinajstić information content (AvgIpc) is 2.03. The van der Waals surface area contributed by atoms with Crippen LogP contribution in [0.15, 0.2) is 19.0 Å². The summed E-state index contributed by atoms with van der Waals surface area (Å²) >= 11 is 0. The van der Waals surface area contributed by atoms with Gasteiger partial charge in [0.05, 0.1) is 7.05 Å². The zero-order valence-corrected chi connectivity index (χ0v) is 8.75. The Kier molecular flexibility index (Phi) is 10.3. The molecule has 0 aliphatic heterocycles. The fourth-order valence-corrected chi connectivity index (χ4v) is 0.338. The largest absolute Gasteiger partial charge is 0.550 e. The minimum atomic E-state index is -1.08. The van der Waals surface area contributed by atoms with Gasteiger partial charge in [0.15, 0.2) is 0 Å². The van der Waals surface area contributed by atoms with Crippen molar-refractivity contribution in [2.45, 2.75) is 13.8 Å². The van der Waals surface area contributed by atoms with E-state index in [1.807, 2.05) is 7.05 Å². The number of aliphatic carboxylic acids is 2. The van der Waals surface area contributed by atoms with Crippen molar-refractivity contribution < 1.29 is 24.4 Å². The first-order valence-electron chi connectivity index (χ1n) is 3.83. The van der Waals surface area contributed by atoms with Crippen molar-refractivity contribution in [1.82, 2.24) is 9.97 Å². The van der Waals surface area contributed by atoms with E-state index in [0.717, 1.165) is 13.8 Å². The van der Waals surface area contributed by atoms with Gasteiger partial charge < -0.3 is 15.0 Å². The van der Waals surface area contributed by atoms with Gasteiger partial charge in [-0.2, -0.15) is 0 Å². The number of carboxylic acid groups (broad SMARTS) is 2. The number of hydrogen-bond acceptors (Lipinski definition) is 5. The number of hydrogen-bond donors (Lipinski definition) is 1. The molecule has 0 bridgehead atoms. The third-order valence-electron chi connectivity index (χ3n) is 0.631. The lowest BCUT2D eigenvalue weighted by Crippen LogP contribution is -2.27. The van der Waals surface area contributed by atoms with Gasteiger partial charge in [-0.25, -0.2) is 4.57 Å². The molecule has 0 saturated heterocycles. The Bertz CT molecular complexity index is 269. The normalized spacial score (nSPS) is 7.40. The van der Waals surface area contributed by atoms with E-state index < -0.39 is 11.9 Å². The molecule has 84 valence electrons. The fourth-order valence-electron chi connectivity index (χ4n) is 0.338. The van der Waals surface area contributed by atoms with E-state index in [0.29, 0.717) is 0 Å². The molecule has 1 heterocycles. The second kappa shape index (κ2) is 10.0. The molecule has 0 amide bonds. The molecule has 7 nitrogen and oxygen atoms in total. The fraction of sp³-hybridized carbons (Fsp3) is 0.375. The molecule has 0 aliphatic carbocycles. The highest BCUT2D eigenvalue weighted by Crippen LogP contribution is 1.55. The summed E-state index contributed by atoms with van der Waals surface area (Å²) in [7, 11) is 1.88. The van der Waals surface area contributed by atoms with E-state index in [1.165, 1.54) is 6.33 Å². The molecule has 1 aromatic rings. The SMILES string of the molecule is CC(=O)O.CC(=O)[O-].C[n+]1cncnc1. The van der Waals surface area contributed by atoms with E-state index >= 15 is 0 Å². The molecule has 7 heteroatoms. The molecule has 1 aromatic heterocycles. The van der Waals surface area contributed by atoms with Crippen LogP contribution in [-0.2, 0) is 16.6 Å². The van der Waals surface area contributed by atoms with Crippen molar-refractivity contribution in [2.75, 3.05) is 0 Å². The van der Waals surface area contributed by atoms with Crippen LogP contribution in [0.5, 0.6) is 0 Å². The number of rotatable bonds is 0. The van der Waals surface area contributed by atoms with Gasteiger partial charge >= 0.3 is 0 Å². The van der Waals surface area contributed by atoms with Gasteiger partial charge in [0, 0.05) is 12.9 Å². The first-order chi connectivity index (χ1) is 6.86. The second-order valence-corrected chi connectivity index (χ2v) is 2.32. The number of nitrogens with zero attached hydrogens (tertiary/aromatic N) is 3. The predicted molar refractivity (Wildman–Crippen MR) is 47.2 cm³/mol. The molecule has 0 aliphatic rings. The van der Waals surface area contributed by atoms with Crippen molar-refractivity contribution in [3.63, 3.8) is 0 Å². The highest BCUT2D eigenvalue weighted by atomic mass is 16.4. The lowest BCUT2D eigenvalue weighted by Gasteiger charge is -1.77. The molecule has 1 rings (SSSR count). The van der Waals surface area contributed by atoms with E-state index in [1.54, 1.807) is 17.2 Å². The van der Waals surface area contributed by atoms with Gasteiger partial charge in [-0.3, -0.25) is 4.79 Å². The van der Waals surface area contributed by atoms with Crippen LogP contribution in [0, 0.1) is 0 Å². The monoisotopic (exact) mass is 215 g/mol. The molecule has 0 unspecified atom stereocenters. The van der Waals surface area contributed by atoms with Crippen LogP contribution < -0.4 is 9.67 Å². The quantitative estimate of drug-likeness (QED) is 0.509. The van der Waals surface area contributed by atoms with Gasteiger partial charge in [-0.05, 0) is 6.92 Å². The Balaban J connectivity index is 0. The summed E-state index contributed by atoms with van der Waals surface area (Å²) in [4.78, 5) is 25.4. The van der Waals surface area contributed by atoms with E-state index in [9.17, 15) is 0 Å². The van der Waals surface area contributed by atoms with Crippen molar-refractivity contribution >= 4 is 11.9 Å². The van der Waals surface area contributed by atoms with Crippen LogP contribution in [0.1, 0.15) is 13.8 Å². The van der Waals surface area contributed by atoms with Crippen LogP contribution in [0.2, 0.25) is 0 Å². The molecular formula is C8H13N3O4. The van der Waals surface area contributed by atoms with Crippen molar-refractivity contribution in [2.24, 2.45) is 7.05 Å². The van der Waals surface area contributed by atoms with E-state index in [2.05, 4.69) is 9.97 Å². The van der Waals surface area contributed by atoms with Gasteiger partial charge in [-0.15, -0.1) is 0 Å². The van der Waals surface area contributed by atoms with Gasteiger partial charge in [0.2, 0.25) is 12.7 Å². The Hall–Kier alpha value is -2.05. The van der Waals surface area contributed by atoms with Crippen molar-refractivity contribution in [1.29, 1.82) is 0 Å². The Labute approximate surface area is 87.0 Å². The molecule has 15 heavy (non-hydrogen) atoms. The lowest BCUT2D eigenvalue weighted by atomic mass is 10.9. The van der Waals surface area contributed by atoms with Crippen molar-refractivity contribution in [3.05, 3.63) is 19.0 Å². The molecule has 1 N–H and O–H groups in total. The topological polar surface area (TPSA) is 107 Å². The Morgan fingerprint density at radius 2 is 1.53 bits per heavy atom. The maximum atomic E-state index is 9.00. The molecule has 0 saturated carbocycles. The predicted octanol–water partition coefficient (Wildman–Crippen LogP) is -1.85. The zero-order chi connectivity index (χ0) is 12.3. The number of aromatic nitrogens is 3. The van der Waals surface area contributed by atoms with Crippen LogP contribution in [0.3, 0.4) is 0 Å². The molecule has 0 radical (unpaired) electrons. The summed E-state index contributed by atoms with van der Waals surface area (Å²) in [5, 5.41) is 16.3. The molecule has 0 fully saturated rings. The third-order valence-corrected chi connectivity index (χ3v) is 0.631. The number of carbonyl (C=O) groups is 2. The zero-order valence-electron chi connectivity index (χ0n) is 8.75. The smallest absolute Gasteiger partial charge is 0.300 e. The summed E-state index contributed by atoms with van der Waals surface area (Å²) in [6.07, 6.45) is 4.88. The first-order valence-corrected chi connectivity index (χ1v) is 3.83. The second-order valence-electron chi connectivity index (χ2n) is 2.32. The van der Waals surface area contributed by atoms with Crippen LogP contribution in [0.4, 0.5) is 0 Å². The summed E-state index contributed by atoms with van der Waals surface area (Å²) in [5.41, 5.74) is 0. The Morgan fingerprint density at radius 1 is 1.27 bits per heavy atom. The standard InChI is InChI=1S/C4H6N3.2C2H4O2/c1-7-3-5-2-6-4-7;2*1-2(3)4/h2-4H,1H3;2*1H3,(H,3,4)/q+1;;/p-1. The minimum Gasteiger partial charge on any atom is -0.550 e. The van der Waals surface area contributed by atoms with Gasteiger partial charge in [-0.1, -0.05) is 9.97 Å². The maximum absolute atomic E-state index is 9.00. The summed E-state index contributed by atoms with van der Waals surface area (Å²) in [6.45, 7) is 2.06. The lowest BCUT2D eigenvalue weighted by molar-refractivity contribution is -0.677. The molecule has 0 spiro atoms. The highest BCUT2D eigenvalue weighted by molar-refractivity contribution is 5.62. The summed E-state index contributed by atoms with van der Waals surface area (Å²) < 4.78 is 1.78. The molecule has 0 atom stereocenters. The van der Waals surface area contributed by atoms with Crippen LogP contribution >= 0.6 is 0 Å². The number of carbonyl (C=O) groups excluding carboxylic acids is 1. The molecular weight excluding hydrogens is 202 g/mol. The number of aryl methyl sites for hydroxylation is 1. The van der Waals surface area contributed by atoms with Crippen LogP contribution in [0.25, 0.3) is 0 Å². The maximum Gasteiger partial charge on any atom is 0.300 e. The minimum absolute atomic E-state index is 0.833. The summed E-state index contributed by atoms with van der Waals surface area (Å²) in [5.74, 6) is -1.92. The van der Waals surface area contributed by atoms with E-state index in [4.69, 9.17) is 19.8 Å². The number of carboxylic acids is 2. The van der Waals surface area contributed by atoms with Gasteiger partial charge in [0.25, 0.3) is 12.3 Å². The third kappa shape index (κ3) is 33.4. The Morgan fingerprint density at radius 3 is 1.67 bits per heavy atom. The van der Waals surface area contributed by atoms with Gasteiger partial charge in [0.1, 0.15) is 0 Å². The average molecular weight is 215 g/mol. The van der Waals surface area contributed by atoms with E-state index in [-0.39, 0.29) is 0 Å². The summed E-state index contributed by atoms with van der Waals surface area (Å²) in [6, 6.07) is 0. The first kappa shape index (κ1) is 15.4. The van der Waals surface area contributed by atoms with Crippen LogP contribution in [-0.4, -0.2) is 27.0 Å². The highest BCUT2D eigenvalue weighted by Gasteiger charge is 1.80. The van der Waals surface area contributed by atoms with Crippen molar-refractivity contribution in [3.8, 4) is 0 Å².